The molecule has 1 aromatic carbocycles. The molecule has 2 aromatic rings. The molecular formula is C16H19N3O2. The zero-order valence-electron chi connectivity index (χ0n) is 12.2. The number of nitrogen functional groups attached to an aromatic ring is 1. The molecule has 2 rings (SSSR count). The van der Waals surface area contributed by atoms with Crippen LogP contribution in [0.4, 0.5) is 5.69 Å². The molecule has 0 fully saturated rings. The van der Waals surface area contributed by atoms with Gasteiger partial charge in [0.1, 0.15) is 11.3 Å². The number of aromatic nitrogens is 1. The normalized spacial score (nSPS) is 10.2. The summed E-state index contributed by atoms with van der Waals surface area (Å²) in [5, 5.41) is 2.86. The summed E-state index contributed by atoms with van der Waals surface area (Å²) in [6, 6.07) is 7.10. The minimum Gasteiger partial charge on any atom is -0.493 e. The van der Waals surface area contributed by atoms with E-state index in [4.69, 9.17) is 10.5 Å². The first-order valence-corrected chi connectivity index (χ1v) is 6.82. The fourth-order valence-corrected chi connectivity index (χ4v) is 2.01. The first kappa shape index (κ1) is 14.8. The fraction of sp³-hybridized carbons (Fsp3) is 0.250. The summed E-state index contributed by atoms with van der Waals surface area (Å²) in [4.78, 5) is 16.4. The lowest BCUT2D eigenvalue weighted by Gasteiger charge is -2.13. The quantitative estimate of drug-likeness (QED) is 0.826. The standard InChI is InChI=1S/C16H19N3O2/c1-3-21-14-6-4-5-13(17)15(14)16(20)19-10-12-9-18-8-7-11(12)2/h4-9H,3,10,17H2,1-2H3,(H,19,20). The van der Waals surface area contributed by atoms with Gasteiger partial charge in [0.2, 0.25) is 0 Å². The van der Waals surface area contributed by atoms with E-state index in [-0.39, 0.29) is 5.91 Å². The van der Waals surface area contributed by atoms with Gasteiger partial charge >= 0.3 is 0 Å². The van der Waals surface area contributed by atoms with E-state index in [1.165, 1.54) is 0 Å². The van der Waals surface area contributed by atoms with Gasteiger partial charge in [-0.3, -0.25) is 9.78 Å². The molecule has 0 bridgehead atoms. The highest BCUT2D eigenvalue weighted by Gasteiger charge is 2.16. The Morgan fingerprint density at radius 3 is 2.90 bits per heavy atom. The lowest BCUT2D eigenvalue weighted by Crippen LogP contribution is -2.25. The molecule has 0 saturated carbocycles. The molecule has 3 N–H and O–H groups in total. The number of pyridine rings is 1. The van der Waals surface area contributed by atoms with Crippen LogP contribution in [0.25, 0.3) is 0 Å². The Balaban J connectivity index is 2.16. The molecule has 1 amide bonds. The Morgan fingerprint density at radius 1 is 1.38 bits per heavy atom. The van der Waals surface area contributed by atoms with E-state index in [0.29, 0.717) is 30.2 Å². The maximum atomic E-state index is 12.4. The molecule has 21 heavy (non-hydrogen) atoms. The van der Waals surface area contributed by atoms with Crippen molar-refractivity contribution in [2.45, 2.75) is 20.4 Å². The van der Waals surface area contributed by atoms with Crippen LogP contribution in [0.2, 0.25) is 0 Å². The number of hydrogen-bond donors (Lipinski definition) is 2. The number of carbonyl (C=O) groups is 1. The highest BCUT2D eigenvalue weighted by atomic mass is 16.5. The van der Waals surface area contributed by atoms with E-state index in [1.54, 1.807) is 30.6 Å². The van der Waals surface area contributed by atoms with E-state index in [1.807, 2.05) is 19.9 Å². The summed E-state index contributed by atoms with van der Waals surface area (Å²) in [5.41, 5.74) is 8.73. The molecule has 0 atom stereocenters. The van der Waals surface area contributed by atoms with Gasteiger partial charge in [0, 0.05) is 24.6 Å². The predicted octanol–water partition coefficient (Wildman–Crippen LogP) is 2.30. The summed E-state index contributed by atoms with van der Waals surface area (Å²) >= 11 is 0. The van der Waals surface area contributed by atoms with Crippen LogP contribution in [-0.2, 0) is 6.54 Å². The van der Waals surface area contributed by atoms with E-state index < -0.39 is 0 Å². The number of ether oxygens (including phenoxy) is 1. The topological polar surface area (TPSA) is 77.2 Å². The van der Waals surface area contributed by atoms with Crippen LogP contribution in [0.15, 0.2) is 36.7 Å². The van der Waals surface area contributed by atoms with Gasteiger partial charge in [-0.15, -0.1) is 0 Å². The molecular weight excluding hydrogens is 266 g/mol. The third-order valence-electron chi connectivity index (χ3n) is 3.17. The number of aryl methyl sites for hydroxylation is 1. The number of nitrogens with one attached hydrogen (secondary N) is 1. The third kappa shape index (κ3) is 3.51. The molecule has 1 heterocycles. The molecule has 0 aliphatic rings. The molecule has 0 aliphatic heterocycles. The molecule has 0 unspecified atom stereocenters. The summed E-state index contributed by atoms with van der Waals surface area (Å²) in [7, 11) is 0. The lowest BCUT2D eigenvalue weighted by molar-refractivity contribution is 0.0948. The molecule has 0 aliphatic carbocycles. The molecule has 5 nitrogen and oxygen atoms in total. The van der Waals surface area contributed by atoms with Gasteiger partial charge in [-0.1, -0.05) is 6.07 Å². The maximum absolute atomic E-state index is 12.4. The minimum absolute atomic E-state index is 0.250. The molecule has 0 saturated heterocycles. The maximum Gasteiger partial charge on any atom is 0.257 e. The number of anilines is 1. The van der Waals surface area contributed by atoms with Gasteiger partial charge in [0.15, 0.2) is 0 Å². The van der Waals surface area contributed by atoms with E-state index in [0.717, 1.165) is 11.1 Å². The third-order valence-corrected chi connectivity index (χ3v) is 3.17. The number of benzene rings is 1. The SMILES string of the molecule is CCOc1cccc(N)c1C(=O)NCc1cnccc1C. The zero-order chi connectivity index (χ0) is 15.2. The van der Waals surface area contributed by atoms with Gasteiger partial charge in [-0.2, -0.15) is 0 Å². The van der Waals surface area contributed by atoms with Crippen LogP contribution in [0.3, 0.4) is 0 Å². The van der Waals surface area contributed by atoms with Crippen molar-refractivity contribution < 1.29 is 9.53 Å². The van der Waals surface area contributed by atoms with Gasteiger partial charge in [-0.25, -0.2) is 0 Å². The van der Waals surface area contributed by atoms with Gasteiger partial charge < -0.3 is 15.8 Å². The van der Waals surface area contributed by atoms with E-state index >= 15 is 0 Å². The number of nitrogens with zero attached hydrogens (tertiary/aromatic N) is 1. The summed E-state index contributed by atoms with van der Waals surface area (Å²) in [6.07, 6.45) is 3.47. The summed E-state index contributed by atoms with van der Waals surface area (Å²) in [5.74, 6) is 0.248. The number of amides is 1. The van der Waals surface area contributed by atoms with Crippen molar-refractivity contribution in [3.8, 4) is 5.75 Å². The first-order chi connectivity index (χ1) is 10.1. The van der Waals surface area contributed by atoms with Crippen molar-refractivity contribution in [3.63, 3.8) is 0 Å². The molecule has 110 valence electrons. The first-order valence-electron chi connectivity index (χ1n) is 6.82. The second kappa shape index (κ2) is 6.74. The van der Waals surface area contributed by atoms with Crippen LogP contribution < -0.4 is 15.8 Å². The number of rotatable bonds is 5. The fourth-order valence-electron chi connectivity index (χ4n) is 2.01. The average molecular weight is 285 g/mol. The molecule has 5 heteroatoms. The Hall–Kier alpha value is -2.56. The summed E-state index contributed by atoms with van der Waals surface area (Å²) < 4.78 is 5.46. The highest BCUT2D eigenvalue weighted by molar-refractivity contribution is 6.01. The molecule has 0 spiro atoms. The second-order valence-corrected chi connectivity index (χ2v) is 4.64. The Labute approximate surface area is 124 Å². The number of hydrogen-bond acceptors (Lipinski definition) is 4. The van der Waals surface area contributed by atoms with Crippen LogP contribution in [0, 0.1) is 6.92 Å². The van der Waals surface area contributed by atoms with Crippen molar-refractivity contribution >= 4 is 11.6 Å². The van der Waals surface area contributed by atoms with E-state index in [2.05, 4.69) is 10.3 Å². The highest BCUT2D eigenvalue weighted by Crippen LogP contribution is 2.24. The zero-order valence-corrected chi connectivity index (χ0v) is 12.2. The van der Waals surface area contributed by atoms with Crippen LogP contribution in [0.1, 0.15) is 28.4 Å². The second-order valence-electron chi connectivity index (χ2n) is 4.64. The van der Waals surface area contributed by atoms with Crippen LogP contribution in [-0.4, -0.2) is 17.5 Å². The number of nitrogens with two attached hydrogens (primary N) is 1. The summed E-state index contributed by atoms with van der Waals surface area (Å²) in [6.45, 7) is 4.72. The van der Waals surface area contributed by atoms with Crippen molar-refractivity contribution in [2.24, 2.45) is 0 Å². The van der Waals surface area contributed by atoms with Crippen molar-refractivity contribution in [1.82, 2.24) is 10.3 Å². The Morgan fingerprint density at radius 2 is 2.19 bits per heavy atom. The lowest BCUT2D eigenvalue weighted by atomic mass is 10.1. The van der Waals surface area contributed by atoms with Crippen molar-refractivity contribution in [3.05, 3.63) is 53.3 Å². The Bertz CT molecular complexity index is 641. The molecule has 1 aromatic heterocycles. The van der Waals surface area contributed by atoms with Crippen molar-refractivity contribution in [1.29, 1.82) is 0 Å². The van der Waals surface area contributed by atoms with Crippen LogP contribution in [0.5, 0.6) is 5.75 Å². The van der Waals surface area contributed by atoms with E-state index in [9.17, 15) is 4.79 Å². The average Bonchev–Trinajstić information content (AvgIpc) is 2.47. The molecule has 0 radical (unpaired) electrons. The van der Waals surface area contributed by atoms with Gasteiger partial charge in [0.05, 0.1) is 6.61 Å². The Kier molecular flexibility index (Phi) is 4.77. The minimum atomic E-state index is -0.250. The smallest absolute Gasteiger partial charge is 0.257 e. The predicted molar refractivity (Wildman–Crippen MR) is 82.2 cm³/mol. The van der Waals surface area contributed by atoms with Crippen LogP contribution >= 0.6 is 0 Å². The largest absolute Gasteiger partial charge is 0.493 e. The van der Waals surface area contributed by atoms with Gasteiger partial charge in [0.25, 0.3) is 5.91 Å². The van der Waals surface area contributed by atoms with Gasteiger partial charge in [-0.05, 0) is 43.2 Å². The van der Waals surface area contributed by atoms with Crippen molar-refractivity contribution in [2.75, 3.05) is 12.3 Å². The monoisotopic (exact) mass is 285 g/mol. The number of carbonyl (C=O) groups excluding carboxylic acids is 1.